The third-order valence-electron chi connectivity index (χ3n) is 3.83. The summed E-state index contributed by atoms with van der Waals surface area (Å²) in [5, 5.41) is 3.18. The fraction of sp³-hybridized carbons (Fsp3) is 0.562. The molecule has 1 fully saturated rings. The van der Waals surface area contributed by atoms with Crippen molar-refractivity contribution in [2.75, 3.05) is 40.4 Å². The fourth-order valence-electron chi connectivity index (χ4n) is 2.78. The Morgan fingerprint density at radius 3 is 2.83 bits per heavy atom. The van der Waals surface area contributed by atoms with Crippen LogP contribution in [0.1, 0.15) is 23.7 Å². The molecule has 0 bridgehead atoms. The van der Waals surface area contributed by atoms with Crippen LogP contribution in [0.4, 0.5) is 0 Å². The highest BCUT2D eigenvalue weighted by Crippen LogP contribution is 2.37. The molecule has 0 radical (unpaired) electrons. The van der Waals surface area contributed by atoms with Gasteiger partial charge in [-0.05, 0) is 60.9 Å². The average Bonchev–Trinajstić information content (AvgIpc) is 2.97. The van der Waals surface area contributed by atoms with Crippen LogP contribution in [0, 0.1) is 5.92 Å². The van der Waals surface area contributed by atoms with Crippen molar-refractivity contribution in [3.05, 3.63) is 22.2 Å². The number of nitrogens with one attached hydrogen (secondary N) is 1. The van der Waals surface area contributed by atoms with Crippen molar-refractivity contribution < 1.29 is 14.3 Å². The van der Waals surface area contributed by atoms with Crippen molar-refractivity contribution in [3.63, 3.8) is 0 Å². The Bertz CT molecular complexity index is 542. The largest absolute Gasteiger partial charge is 0.493 e. The summed E-state index contributed by atoms with van der Waals surface area (Å²) in [4.78, 5) is 14.6. The van der Waals surface area contributed by atoms with Crippen LogP contribution in [0.15, 0.2) is 16.6 Å². The Morgan fingerprint density at radius 1 is 1.48 bits per heavy atom. The summed E-state index contributed by atoms with van der Waals surface area (Å²) in [7, 11) is 3.52. The maximum atomic E-state index is 12.7. The molecule has 23 heavy (non-hydrogen) atoms. The highest BCUT2D eigenvalue weighted by atomic mass is 79.9. The molecule has 1 amide bonds. The standard InChI is InChI=1S/C16H23BrN2O3.ClH/c1-4-22-15-13(17)7-12(8-14(15)21-3)16(20)19-6-5-11(10-19)9-18-2;/h7-8,11,18H,4-6,9-10H2,1-3H3;1H. The number of halogens is 2. The number of carbonyl (C=O) groups excluding carboxylic acids is 1. The molecule has 1 saturated heterocycles. The molecular formula is C16H24BrClN2O3. The lowest BCUT2D eigenvalue weighted by molar-refractivity contribution is 0.0786. The van der Waals surface area contributed by atoms with E-state index in [1.165, 1.54) is 0 Å². The summed E-state index contributed by atoms with van der Waals surface area (Å²) in [5.41, 5.74) is 0.622. The molecule has 2 rings (SSSR count). The Hall–Kier alpha value is -0.980. The van der Waals surface area contributed by atoms with Gasteiger partial charge in [0.05, 0.1) is 18.2 Å². The van der Waals surface area contributed by atoms with Crippen molar-refractivity contribution in [2.45, 2.75) is 13.3 Å². The van der Waals surface area contributed by atoms with Gasteiger partial charge >= 0.3 is 0 Å². The van der Waals surface area contributed by atoms with Crippen LogP contribution in [-0.4, -0.2) is 51.2 Å². The van der Waals surface area contributed by atoms with Crippen molar-refractivity contribution in [1.29, 1.82) is 0 Å². The Morgan fingerprint density at radius 2 is 2.22 bits per heavy atom. The molecule has 1 aromatic rings. The lowest BCUT2D eigenvalue weighted by Crippen LogP contribution is -2.30. The molecule has 1 unspecified atom stereocenters. The summed E-state index contributed by atoms with van der Waals surface area (Å²) < 4.78 is 11.7. The van der Waals surface area contributed by atoms with Gasteiger partial charge in [0, 0.05) is 18.7 Å². The summed E-state index contributed by atoms with van der Waals surface area (Å²) in [6.45, 7) is 5.00. The zero-order chi connectivity index (χ0) is 16.1. The fourth-order valence-corrected chi connectivity index (χ4v) is 3.34. The minimum Gasteiger partial charge on any atom is -0.493 e. The van der Waals surface area contributed by atoms with Gasteiger partial charge in [-0.2, -0.15) is 0 Å². The molecule has 1 atom stereocenters. The lowest BCUT2D eigenvalue weighted by Gasteiger charge is -2.18. The number of amides is 1. The number of benzene rings is 1. The molecule has 1 aliphatic rings. The predicted octanol–water partition coefficient (Wildman–Crippen LogP) is 2.96. The average molecular weight is 408 g/mol. The van der Waals surface area contributed by atoms with E-state index in [9.17, 15) is 4.79 Å². The van der Waals surface area contributed by atoms with Crippen LogP contribution in [-0.2, 0) is 0 Å². The highest BCUT2D eigenvalue weighted by Gasteiger charge is 2.27. The summed E-state index contributed by atoms with van der Waals surface area (Å²) in [5.74, 6) is 1.78. The third-order valence-corrected chi connectivity index (χ3v) is 4.42. The first kappa shape index (κ1) is 20.1. The van der Waals surface area contributed by atoms with Crippen molar-refractivity contribution in [1.82, 2.24) is 10.2 Å². The molecule has 0 spiro atoms. The molecule has 0 aromatic heterocycles. The van der Waals surface area contributed by atoms with Crippen LogP contribution in [0.3, 0.4) is 0 Å². The number of hydrogen-bond acceptors (Lipinski definition) is 4. The predicted molar refractivity (Wildman–Crippen MR) is 97.0 cm³/mol. The van der Waals surface area contributed by atoms with Gasteiger partial charge in [0.1, 0.15) is 0 Å². The normalized spacial score (nSPS) is 16.9. The molecule has 1 aliphatic heterocycles. The number of ether oxygens (including phenoxy) is 2. The molecular weight excluding hydrogens is 384 g/mol. The highest BCUT2D eigenvalue weighted by molar-refractivity contribution is 9.10. The van der Waals surface area contributed by atoms with Gasteiger partial charge in [-0.1, -0.05) is 0 Å². The van der Waals surface area contributed by atoms with Gasteiger partial charge in [0.25, 0.3) is 5.91 Å². The van der Waals surface area contributed by atoms with Gasteiger partial charge in [-0.15, -0.1) is 12.4 Å². The molecule has 1 N–H and O–H groups in total. The SMILES string of the molecule is CCOc1c(Br)cc(C(=O)N2CCC(CNC)C2)cc1OC.Cl. The summed E-state index contributed by atoms with van der Waals surface area (Å²) >= 11 is 3.47. The van der Waals surface area contributed by atoms with E-state index in [1.807, 2.05) is 18.9 Å². The van der Waals surface area contributed by atoms with Crippen LogP contribution in [0.25, 0.3) is 0 Å². The topological polar surface area (TPSA) is 50.8 Å². The first-order valence-corrected chi connectivity index (χ1v) is 8.34. The van der Waals surface area contributed by atoms with Crippen molar-refractivity contribution in [2.24, 2.45) is 5.92 Å². The third kappa shape index (κ3) is 4.75. The van der Waals surface area contributed by atoms with E-state index in [-0.39, 0.29) is 18.3 Å². The smallest absolute Gasteiger partial charge is 0.254 e. The molecule has 1 heterocycles. The van der Waals surface area contributed by atoms with E-state index in [0.29, 0.717) is 29.6 Å². The van der Waals surface area contributed by atoms with Gasteiger partial charge in [-0.3, -0.25) is 4.79 Å². The zero-order valence-electron chi connectivity index (χ0n) is 13.7. The Labute approximate surface area is 152 Å². The van der Waals surface area contributed by atoms with E-state index in [4.69, 9.17) is 9.47 Å². The second kappa shape index (κ2) is 9.35. The van der Waals surface area contributed by atoms with Gasteiger partial charge in [0.2, 0.25) is 0 Å². The minimum absolute atomic E-state index is 0. The quantitative estimate of drug-likeness (QED) is 0.788. The van der Waals surface area contributed by atoms with Gasteiger partial charge in [-0.25, -0.2) is 0 Å². The zero-order valence-corrected chi connectivity index (χ0v) is 16.1. The lowest BCUT2D eigenvalue weighted by atomic mass is 10.1. The molecule has 130 valence electrons. The maximum absolute atomic E-state index is 12.7. The summed E-state index contributed by atoms with van der Waals surface area (Å²) in [6, 6.07) is 3.56. The van der Waals surface area contributed by atoms with Crippen LogP contribution >= 0.6 is 28.3 Å². The first-order valence-electron chi connectivity index (χ1n) is 7.54. The van der Waals surface area contributed by atoms with Crippen molar-refractivity contribution >= 4 is 34.2 Å². The number of hydrogen-bond donors (Lipinski definition) is 1. The van der Waals surface area contributed by atoms with E-state index in [1.54, 1.807) is 19.2 Å². The molecule has 7 heteroatoms. The molecule has 5 nitrogen and oxygen atoms in total. The summed E-state index contributed by atoms with van der Waals surface area (Å²) in [6.07, 6.45) is 1.04. The van der Waals surface area contributed by atoms with Crippen LogP contribution < -0.4 is 14.8 Å². The Balaban J connectivity index is 0.00000264. The van der Waals surface area contributed by atoms with E-state index >= 15 is 0 Å². The molecule has 0 saturated carbocycles. The number of methoxy groups -OCH3 is 1. The second-order valence-corrected chi connectivity index (χ2v) is 6.24. The van der Waals surface area contributed by atoms with Crippen LogP contribution in [0.5, 0.6) is 11.5 Å². The van der Waals surface area contributed by atoms with E-state index < -0.39 is 0 Å². The molecule has 1 aromatic carbocycles. The number of rotatable bonds is 6. The van der Waals surface area contributed by atoms with Crippen molar-refractivity contribution in [3.8, 4) is 11.5 Å². The van der Waals surface area contributed by atoms with Gasteiger partial charge in [0.15, 0.2) is 11.5 Å². The monoisotopic (exact) mass is 406 g/mol. The minimum atomic E-state index is 0. The number of likely N-dealkylation sites (tertiary alicyclic amines) is 1. The maximum Gasteiger partial charge on any atom is 0.254 e. The molecule has 0 aliphatic carbocycles. The number of nitrogens with zero attached hydrogens (tertiary/aromatic N) is 1. The van der Waals surface area contributed by atoms with E-state index in [0.717, 1.165) is 30.5 Å². The number of carbonyl (C=O) groups is 1. The first-order chi connectivity index (χ1) is 10.6. The van der Waals surface area contributed by atoms with Crippen LogP contribution in [0.2, 0.25) is 0 Å². The second-order valence-electron chi connectivity index (χ2n) is 5.39. The van der Waals surface area contributed by atoms with E-state index in [2.05, 4.69) is 21.2 Å². The van der Waals surface area contributed by atoms with Gasteiger partial charge < -0.3 is 19.7 Å². The Kier molecular flexibility index (Phi) is 8.16.